The number of aryl methyl sites for hydroxylation is 2. The summed E-state index contributed by atoms with van der Waals surface area (Å²) in [5, 5.41) is 0. The fourth-order valence-corrected chi connectivity index (χ4v) is 5.33. The molecule has 2 aromatic rings. The molecule has 5 rings (SSSR count). The van der Waals surface area contributed by atoms with E-state index in [0.29, 0.717) is 6.04 Å². The van der Waals surface area contributed by atoms with Gasteiger partial charge < -0.3 is 9.30 Å². The SMILES string of the molecule is CCCCN1CCN(C2=CN3C(=O)/C=C(c4cc(CC)c5nc(C)cn5c4)\C=C\C=C3C=C2)C[C@H]1C. The maximum absolute atomic E-state index is 13.5. The summed E-state index contributed by atoms with van der Waals surface area (Å²) in [5.74, 6) is -0.0305. The van der Waals surface area contributed by atoms with Crippen molar-refractivity contribution in [2.75, 3.05) is 26.2 Å². The Hall–Kier alpha value is -3.38. The van der Waals surface area contributed by atoms with Crippen molar-refractivity contribution >= 4 is 17.1 Å². The second-order valence-electron chi connectivity index (χ2n) is 10.1. The Balaban J connectivity index is 1.41. The summed E-state index contributed by atoms with van der Waals surface area (Å²) in [6, 6.07) is 2.66. The summed E-state index contributed by atoms with van der Waals surface area (Å²) in [6.07, 6.45) is 21.5. The lowest BCUT2D eigenvalue weighted by atomic mass is 10.0. The lowest BCUT2D eigenvalue weighted by Gasteiger charge is -2.42. The van der Waals surface area contributed by atoms with E-state index >= 15 is 0 Å². The van der Waals surface area contributed by atoms with Gasteiger partial charge in [-0.1, -0.05) is 32.4 Å². The smallest absolute Gasteiger partial charge is 0.255 e. The van der Waals surface area contributed by atoms with Crippen molar-refractivity contribution in [3.8, 4) is 0 Å². The molecular formula is C30H37N5O. The molecule has 36 heavy (non-hydrogen) atoms. The molecule has 1 fully saturated rings. The highest BCUT2D eigenvalue weighted by Gasteiger charge is 2.26. The molecule has 188 valence electrons. The average Bonchev–Trinajstić information content (AvgIpc) is 3.25. The number of aromatic nitrogens is 2. The normalized spacial score (nSPS) is 23.1. The molecule has 5 heterocycles. The Bertz CT molecular complexity index is 1310. The Morgan fingerprint density at radius 3 is 2.69 bits per heavy atom. The maximum Gasteiger partial charge on any atom is 0.255 e. The van der Waals surface area contributed by atoms with E-state index in [9.17, 15) is 4.79 Å². The second kappa shape index (κ2) is 10.3. The van der Waals surface area contributed by atoms with Crippen LogP contribution < -0.4 is 0 Å². The summed E-state index contributed by atoms with van der Waals surface area (Å²) in [7, 11) is 0. The van der Waals surface area contributed by atoms with Gasteiger partial charge in [0.1, 0.15) is 5.65 Å². The average molecular weight is 484 g/mol. The lowest BCUT2D eigenvalue weighted by molar-refractivity contribution is -0.122. The zero-order valence-corrected chi connectivity index (χ0v) is 21.9. The molecule has 0 aromatic carbocycles. The highest BCUT2D eigenvalue weighted by molar-refractivity contribution is 6.00. The number of carbonyl (C=O) groups excluding carboxylic acids is 1. The first-order valence-corrected chi connectivity index (χ1v) is 13.3. The van der Waals surface area contributed by atoms with Crippen molar-refractivity contribution in [2.45, 2.75) is 53.0 Å². The molecule has 0 N–H and O–H groups in total. The molecule has 0 unspecified atom stereocenters. The number of pyridine rings is 1. The Morgan fingerprint density at radius 2 is 1.92 bits per heavy atom. The van der Waals surface area contributed by atoms with Gasteiger partial charge in [-0.25, -0.2) is 4.98 Å². The van der Waals surface area contributed by atoms with E-state index in [2.05, 4.69) is 64.4 Å². The van der Waals surface area contributed by atoms with Gasteiger partial charge in [0, 0.05) is 56.0 Å². The van der Waals surface area contributed by atoms with E-state index in [0.717, 1.165) is 59.9 Å². The van der Waals surface area contributed by atoms with Crippen molar-refractivity contribution in [1.82, 2.24) is 24.1 Å². The van der Waals surface area contributed by atoms with Crippen LogP contribution in [0.1, 0.15) is 50.4 Å². The predicted octanol–water partition coefficient (Wildman–Crippen LogP) is 5.09. The molecule has 3 aliphatic heterocycles. The third-order valence-electron chi connectivity index (χ3n) is 7.41. The highest BCUT2D eigenvalue weighted by atomic mass is 16.2. The predicted molar refractivity (Wildman–Crippen MR) is 146 cm³/mol. The van der Waals surface area contributed by atoms with Gasteiger partial charge in [0.25, 0.3) is 5.91 Å². The molecule has 1 amide bonds. The number of unbranched alkanes of at least 4 members (excludes halogenated alkanes) is 1. The monoisotopic (exact) mass is 483 g/mol. The van der Waals surface area contributed by atoms with Crippen LogP contribution in [0, 0.1) is 6.92 Å². The first-order valence-electron chi connectivity index (χ1n) is 13.3. The summed E-state index contributed by atoms with van der Waals surface area (Å²) >= 11 is 0. The van der Waals surface area contributed by atoms with Gasteiger partial charge in [0.2, 0.25) is 0 Å². The molecule has 2 aromatic heterocycles. The van der Waals surface area contributed by atoms with Crippen molar-refractivity contribution < 1.29 is 4.79 Å². The van der Waals surface area contributed by atoms with E-state index in [1.54, 1.807) is 11.0 Å². The fraction of sp³-hybridized carbons (Fsp3) is 0.400. The fourth-order valence-electron chi connectivity index (χ4n) is 5.33. The van der Waals surface area contributed by atoms with Crippen molar-refractivity contribution in [1.29, 1.82) is 0 Å². The van der Waals surface area contributed by atoms with Crippen LogP contribution in [-0.4, -0.2) is 62.2 Å². The van der Waals surface area contributed by atoms with Crippen molar-refractivity contribution in [3.63, 3.8) is 0 Å². The number of hydrogen-bond acceptors (Lipinski definition) is 4. The molecule has 3 aliphatic rings. The minimum Gasteiger partial charge on any atom is -0.367 e. The van der Waals surface area contributed by atoms with Crippen LogP contribution in [0.25, 0.3) is 11.2 Å². The maximum atomic E-state index is 13.5. The van der Waals surface area contributed by atoms with E-state index in [1.807, 2.05) is 37.5 Å². The third-order valence-corrected chi connectivity index (χ3v) is 7.41. The number of nitrogens with zero attached hydrogens (tertiary/aromatic N) is 5. The highest BCUT2D eigenvalue weighted by Crippen LogP contribution is 2.27. The molecule has 0 spiro atoms. The van der Waals surface area contributed by atoms with Crippen LogP contribution in [0.5, 0.6) is 0 Å². The zero-order chi connectivity index (χ0) is 25.2. The quantitative estimate of drug-likeness (QED) is 0.574. The van der Waals surface area contributed by atoms with Gasteiger partial charge >= 0.3 is 0 Å². The number of allylic oxidation sites excluding steroid dienone is 6. The van der Waals surface area contributed by atoms with Crippen LogP contribution in [-0.2, 0) is 11.2 Å². The number of amides is 1. The van der Waals surface area contributed by atoms with Crippen molar-refractivity contribution in [2.24, 2.45) is 0 Å². The van der Waals surface area contributed by atoms with Crippen LogP contribution in [0.3, 0.4) is 0 Å². The Labute approximate surface area is 214 Å². The first kappa shape index (κ1) is 24.3. The van der Waals surface area contributed by atoms with Gasteiger partial charge in [0.15, 0.2) is 0 Å². The van der Waals surface area contributed by atoms with Gasteiger partial charge in [0.05, 0.1) is 11.4 Å². The summed E-state index contributed by atoms with van der Waals surface area (Å²) < 4.78 is 2.08. The largest absolute Gasteiger partial charge is 0.367 e. The van der Waals surface area contributed by atoms with Crippen LogP contribution in [0.15, 0.2) is 72.5 Å². The molecule has 6 nitrogen and oxygen atoms in total. The first-order chi connectivity index (χ1) is 17.5. The van der Waals surface area contributed by atoms with E-state index < -0.39 is 0 Å². The molecule has 0 bridgehead atoms. The van der Waals surface area contributed by atoms with E-state index in [-0.39, 0.29) is 5.91 Å². The number of fused-ring (bicyclic) bond motifs is 2. The number of hydrogen-bond donors (Lipinski definition) is 0. The summed E-state index contributed by atoms with van der Waals surface area (Å²) in [5.41, 5.74) is 7.07. The molecule has 0 saturated carbocycles. The number of piperazine rings is 1. The summed E-state index contributed by atoms with van der Waals surface area (Å²) in [6.45, 7) is 12.9. The van der Waals surface area contributed by atoms with Crippen LogP contribution >= 0.6 is 0 Å². The van der Waals surface area contributed by atoms with Gasteiger partial charge in [-0.15, -0.1) is 0 Å². The molecule has 1 atom stereocenters. The van der Waals surface area contributed by atoms with E-state index in [1.165, 1.54) is 24.9 Å². The number of imidazole rings is 1. The van der Waals surface area contributed by atoms with Gasteiger partial charge in [-0.05, 0) is 74.2 Å². The van der Waals surface area contributed by atoms with Crippen LogP contribution in [0.2, 0.25) is 0 Å². The Morgan fingerprint density at radius 1 is 1.08 bits per heavy atom. The summed E-state index contributed by atoms with van der Waals surface area (Å²) in [4.78, 5) is 25.0. The van der Waals surface area contributed by atoms with E-state index in [4.69, 9.17) is 0 Å². The lowest BCUT2D eigenvalue weighted by Crippen LogP contribution is -2.51. The Kier molecular flexibility index (Phi) is 6.97. The second-order valence-corrected chi connectivity index (χ2v) is 10.1. The molecule has 0 aliphatic carbocycles. The topological polar surface area (TPSA) is 44.1 Å². The minimum absolute atomic E-state index is 0.0305. The van der Waals surface area contributed by atoms with Crippen molar-refractivity contribution in [3.05, 3.63) is 89.3 Å². The number of rotatable bonds is 6. The molecular weight excluding hydrogens is 446 g/mol. The minimum atomic E-state index is -0.0305. The third kappa shape index (κ3) is 4.82. The zero-order valence-electron chi connectivity index (χ0n) is 21.9. The van der Waals surface area contributed by atoms with Gasteiger partial charge in [-0.2, -0.15) is 0 Å². The molecule has 6 heteroatoms. The molecule has 1 saturated heterocycles. The standard InChI is InChI=1S/C30H37N5O/c1-5-7-13-32-14-15-33(19-23(32)4)28-12-11-27-10-8-9-25(17-29(36)35(27)21-28)26-16-24(6-2)30-31-22(3)18-34(30)20-26/h8-12,16-18,20-21,23H,5-7,13-15,19H2,1-4H3/b9-8+,25-17+,27-10?/t23-/m1/s1. The van der Waals surface area contributed by atoms with Gasteiger partial charge in [-0.3, -0.25) is 14.6 Å². The van der Waals surface area contributed by atoms with Crippen LogP contribution in [0.4, 0.5) is 0 Å². The molecule has 0 radical (unpaired) electrons. The number of carbonyl (C=O) groups is 1.